The molecule has 6 rings (SSSR count). The van der Waals surface area contributed by atoms with E-state index >= 15 is 0 Å². The molecule has 4 aromatic carbocycles. The molecule has 1 heterocycles. The van der Waals surface area contributed by atoms with Gasteiger partial charge < -0.3 is 34.5 Å². The molecular weight excluding hydrogens is 888 g/mol. The van der Waals surface area contributed by atoms with E-state index in [0.717, 1.165) is 39.3 Å². The summed E-state index contributed by atoms with van der Waals surface area (Å²) in [6.45, 7) is 8.20. The second-order valence-corrected chi connectivity index (χ2v) is 22.2. The summed E-state index contributed by atoms with van der Waals surface area (Å²) in [4.78, 5) is 30.0. The molecule has 0 spiro atoms. The van der Waals surface area contributed by atoms with Gasteiger partial charge in [-0.3, -0.25) is 14.5 Å². The first-order valence-corrected chi connectivity index (χ1v) is 23.5. The number of amides is 2. The number of benzene rings is 4. The normalized spacial score (nSPS) is 19.1. The summed E-state index contributed by atoms with van der Waals surface area (Å²) in [6.07, 6.45) is 3.51. The maximum absolute atomic E-state index is 14.5. The van der Waals surface area contributed by atoms with Crippen molar-refractivity contribution < 1.29 is 44.1 Å². The van der Waals surface area contributed by atoms with Crippen LogP contribution in [0.15, 0.2) is 114 Å². The number of phenols is 1. The van der Waals surface area contributed by atoms with Gasteiger partial charge in [0, 0.05) is 5.92 Å². The average Bonchev–Trinajstić information content (AvgIpc) is 3.49. The van der Waals surface area contributed by atoms with Gasteiger partial charge >= 0.3 is 7.12 Å². The van der Waals surface area contributed by atoms with Gasteiger partial charge in [-0.1, -0.05) is 119 Å². The van der Waals surface area contributed by atoms with E-state index in [1.54, 1.807) is 18.2 Å². The molecule has 4 aromatic rings. The zero-order valence-electron chi connectivity index (χ0n) is 34.8. The third kappa shape index (κ3) is 9.08. The van der Waals surface area contributed by atoms with Crippen molar-refractivity contribution in [2.45, 2.75) is 70.9 Å². The van der Waals surface area contributed by atoms with E-state index in [1.807, 2.05) is 42.5 Å². The number of nitrogens with zero attached hydrogens (tertiary/aromatic N) is 1. The number of carbonyl (C=O) groups is 2. The van der Waals surface area contributed by atoms with Crippen molar-refractivity contribution in [1.82, 2.24) is 0 Å². The number of hydrogen-bond acceptors (Lipinski definition) is 9. The van der Waals surface area contributed by atoms with Crippen molar-refractivity contribution in [2.24, 2.45) is 17.8 Å². The van der Waals surface area contributed by atoms with Crippen LogP contribution in [0.4, 0.5) is 5.69 Å². The lowest BCUT2D eigenvalue weighted by atomic mass is 9.68. The van der Waals surface area contributed by atoms with Crippen molar-refractivity contribution in [3.05, 3.63) is 123 Å². The molecule has 0 saturated carbocycles. The van der Waals surface area contributed by atoms with E-state index in [0.29, 0.717) is 26.9 Å². The van der Waals surface area contributed by atoms with Gasteiger partial charge in [0.25, 0.3) is 8.32 Å². The lowest BCUT2D eigenvalue weighted by molar-refractivity contribution is -0.123. The molecule has 1 aliphatic heterocycles. The van der Waals surface area contributed by atoms with Gasteiger partial charge in [0.1, 0.15) is 0 Å². The largest absolute Gasteiger partial charge is 0.504 e. The molecule has 10 nitrogen and oxygen atoms in total. The van der Waals surface area contributed by atoms with Gasteiger partial charge in [-0.05, 0) is 110 Å². The standard InChI is InChI=1S/C47H55BINO9Si/c1-6-14-30(23-31-24-39(49)44(53)41(25-31)58-5)21-22-40(52)42-32(29-59-60(47(2,3)4,35-17-9-7-10-18-35)36-19-11-8-12-20-36)26-37-43(38(42)28-51)46(55)50(45(37)54)34-16-13-15-33(27-34)48(56)57/h7-13,15-20,23-25,27,37-38,40,43,51-53,56-57H,6,14,21-22,26,28-29H2,1-5H3/b30-23+/t37-,38+,40-,43-/m1/s1. The maximum atomic E-state index is 14.5. The minimum absolute atomic E-state index is 0.0659. The summed E-state index contributed by atoms with van der Waals surface area (Å²) in [5.74, 6) is -3.19. The Hall–Kier alpha value is -4.09. The SMILES string of the molecule is CCC/C(=C\c1cc(I)c(O)c(OC)c1)CC[C@@H](O)C1=C(CO[Si](c2ccccc2)(c2ccccc2)C(C)(C)C)C[C@H]2C(=O)N(c3cccc(B(O)O)c3)C(=O)[C@H]2[C@H]1CO. The predicted octanol–water partition coefficient (Wildman–Crippen LogP) is 5.70. The predicted molar refractivity (Wildman–Crippen MR) is 247 cm³/mol. The van der Waals surface area contributed by atoms with E-state index in [4.69, 9.17) is 9.16 Å². The average molecular weight is 944 g/mol. The summed E-state index contributed by atoms with van der Waals surface area (Å²) < 4.78 is 13.5. The topological polar surface area (TPSA) is 157 Å². The number of aromatic hydroxyl groups is 1. The number of aliphatic hydroxyl groups is 2. The maximum Gasteiger partial charge on any atom is 0.488 e. The van der Waals surface area contributed by atoms with Crippen LogP contribution in [0.25, 0.3) is 6.08 Å². The number of fused-ring (bicyclic) bond motifs is 1. The smallest absolute Gasteiger partial charge is 0.488 e. The van der Waals surface area contributed by atoms with Crippen molar-refractivity contribution in [2.75, 3.05) is 25.2 Å². The van der Waals surface area contributed by atoms with Crippen molar-refractivity contribution in [3.8, 4) is 11.5 Å². The second kappa shape index (κ2) is 19.3. The van der Waals surface area contributed by atoms with Crippen LogP contribution < -0.4 is 25.5 Å². The molecule has 2 amide bonds. The molecule has 316 valence electrons. The first-order chi connectivity index (χ1) is 28.7. The van der Waals surface area contributed by atoms with Gasteiger partial charge in [0.2, 0.25) is 11.8 Å². The summed E-state index contributed by atoms with van der Waals surface area (Å²) in [5.41, 5.74) is 3.49. The Balaban J connectivity index is 1.43. The van der Waals surface area contributed by atoms with E-state index < -0.39 is 57.7 Å². The number of phenolic OH excluding ortho intramolecular Hbond substituents is 1. The zero-order valence-corrected chi connectivity index (χ0v) is 38.0. The fraction of sp³-hybridized carbons (Fsp3) is 0.362. The summed E-state index contributed by atoms with van der Waals surface area (Å²) in [5, 5.41) is 55.7. The number of rotatable bonds is 16. The summed E-state index contributed by atoms with van der Waals surface area (Å²) >= 11 is 2.07. The third-order valence-corrected chi connectivity index (χ3v) is 17.8. The van der Waals surface area contributed by atoms with Crippen molar-refractivity contribution >= 4 is 77.4 Å². The Kier molecular flexibility index (Phi) is 14.6. The Labute approximate surface area is 368 Å². The van der Waals surface area contributed by atoms with E-state index in [2.05, 4.69) is 80.6 Å². The van der Waals surface area contributed by atoms with Crippen LogP contribution in [0.1, 0.15) is 65.4 Å². The van der Waals surface area contributed by atoms with E-state index in [-0.39, 0.29) is 41.4 Å². The number of allylic oxidation sites excluding steroid dienone is 1. The molecule has 13 heteroatoms. The minimum atomic E-state index is -3.11. The molecule has 60 heavy (non-hydrogen) atoms. The third-order valence-electron chi connectivity index (χ3n) is 12.0. The van der Waals surface area contributed by atoms with Gasteiger partial charge in [0.05, 0.1) is 47.5 Å². The zero-order chi connectivity index (χ0) is 43.4. The number of aliphatic hydroxyl groups excluding tert-OH is 2. The van der Waals surface area contributed by atoms with Gasteiger partial charge in [-0.15, -0.1) is 0 Å². The highest BCUT2D eigenvalue weighted by molar-refractivity contribution is 14.1. The molecule has 5 N–H and O–H groups in total. The fourth-order valence-corrected chi connectivity index (χ4v) is 14.4. The molecule has 0 radical (unpaired) electrons. The fourth-order valence-electron chi connectivity index (χ4n) is 9.26. The number of hydrogen-bond donors (Lipinski definition) is 5. The number of ether oxygens (including phenoxy) is 1. The van der Waals surface area contributed by atoms with Gasteiger partial charge in [-0.2, -0.15) is 0 Å². The Morgan fingerprint density at radius 1 is 0.950 bits per heavy atom. The number of imide groups is 1. The Morgan fingerprint density at radius 2 is 1.60 bits per heavy atom. The highest BCUT2D eigenvalue weighted by Crippen LogP contribution is 2.48. The lowest BCUT2D eigenvalue weighted by Gasteiger charge is -2.44. The molecule has 1 aliphatic carbocycles. The Bertz CT molecular complexity index is 2190. The van der Waals surface area contributed by atoms with Crippen LogP contribution in [0, 0.1) is 21.3 Å². The van der Waals surface area contributed by atoms with E-state index in [1.165, 1.54) is 19.2 Å². The Morgan fingerprint density at radius 3 is 2.17 bits per heavy atom. The molecule has 0 aromatic heterocycles. The lowest BCUT2D eigenvalue weighted by Crippen LogP contribution is -2.66. The monoisotopic (exact) mass is 943 g/mol. The number of anilines is 1. The molecular formula is C47H55BINO9Si. The van der Waals surface area contributed by atoms with Crippen LogP contribution >= 0.6 is 22.6 Å². The minimum Gasteiger partial charge on any atom is -0.504 e. The van der Waals surface area contributed by atoms with Crippen LogP contribution in [0.5, 0.6) is 11.5 Å². The van der Waals surface area contributed by atoms with Crippen LogP contribution in [0.3, 0.4) is 0 Å². The quantitative estimate of drug-likeness (QED) is 0.0412. The highest BCUT2D eigenvalue weighted by atomic mass is 127. The van der Waals surface area contributed by atoms with Crippen LogP contribution in [0.2, 0.25) is 5.04 Å². The van der Waals surface area contributed by atoms with Crippen molar-refractivity contribution in [1.29, 1.82) is 0 Å². The number of halogens is 1. The van der Waals surface area contributed by atoms with Gasteiger partial charge in [-0.25, -0.2) is 0 Å². The molecule has 1 fully saturated rings. The molecule has 0 unspecified atom stereocenters. The molecule has 4 atom stereocenters. The number of methoxy groups -OCH3 is 1. The number of carbonyl (C=O) groups excluding carboxylic acids is 2. The van der Waals surface area contributed by atoms with E-state index in [9.17, 15) is 35.0 Å². The molecule has 2 aliphatic rings. The first kappa shape index (κ1) is 45.4. The van der Waals surface area contributed by atoms with Crippen LogP contribution in [-0.2, 0) is 14.0 Å². The highest BCUT2D eigenvalue weighted by Gasteiger charge is 2.56. The summed E-state index contributed by atoms with van der Waals surface area (Å²) in [7, 11) is -3.40. The molecule has 1 saturated heterocycles. The molecule has 0 bridgehead atoms. The van der Waals surface area contributed by atoms with Crippen molar-refractivity contribution in [3.63, 3.8) is 0 Å². The van der Waals surface area contributed by atoms with Gasteiger partial charge in [0.15, 0.2) is 11.5 Å². The summed E-state index contributed by atoms with van der Waals surface area (Å²) in [6, 6.07) is 30.1. The first-order valence-electron chi connectivity index (χ1n) is 20.5. The van der Waals surface area contributed by atoms with Crippen LogP contribution in [-0.4, -0.2) is 79.0 Å². The second-order valence-electron chi connectivity index (χ2n) is 16.8.